The molecule has 0 aliphatic rings. The summed E-state index contributed by atoms with van der Waals surface area (Å²) in [5, 5.41) is 6.70. The van der Waals surface area contributed by atoms with Gasteiger partial charge in [-0.3, -0.25) is 4.99 Å². The van der Waals surface area contributed by atoms with E-state index < -0.39 is 0 Å². The molecule has 21 heavy (non-hydrogen) atoms. The van der Waals surface area contributed by atoms with Gasteiger partial charge in [0.2, 0.25) is 0 Å². The van der Waals surface area contributed by atoms with Crippen molar-refractivity contribution in [1.29, 1.82) is 0 Å². The van der Waals surface area contributed by atoms with Gasteiger partial charge in [0.15, 0.2) is 5.96 Å². The smallest absolute Gasteiger partial charge is 0.191 e. The lowest BCUT2D eigenvalue weighted by molar-refractivity contribution is 0.0268. The summed E-state index contributed by atoms with van der Waals surface area (Å²) in [5.41, 5.74) is -0.198. The summed E-state index contributed by atoms with van der Waals surface area (Å²) in [6, 6.07) is 0.504. The zero-order valence-corrected chi connectivity index (χ0v) is 17.3. The van der Waals surface area contributed by atoms with Gasteiger partial charge in [0.25, 0.3) is 0 Å². The van der Waals surface area contributed by atoms with Gasteiger partial charge in [0.1, 0.15) is 0 Å². The summed E-state index contributed by atoms with van der Waals surface area (Å²) < 4.78 is 5.40. The van der Waals surface area contributed by atoms with E-state index in [1.807, 2.05) is 0 Å². The molecule has 0 heterocycles. The fourth-order valence-corrected chi connectivity index (χ4v) is 1.82. The molecule has 0 radical (unpaired) electrons. The van der Waals surface area contributed by atoms with Gasteiger partial charge < -0.3 is 20.3 Å². The fourth-order valence-electron chi connectivity index (χ4n) is 1.82. The number of hydrogen-bond acceptors (Lipinski definition) is 3. The van der Waals surface area contributed by atoms with Crippen LogP contribution in [0.4, 0.5) is 0 Å². The fraction of sp³-hybridized carbons (Fsp3) is 0.933. The van der Waals surface area contributed by atoms with Gasteiger partial charge >= 0.3 is 0 Å². The van der Waals surface area contributed by atoms with Crippen LogP contribution in [-0.2, 0) is 4.74 Å². The first kappa shape index (κ1) is 23.2. The summed E-state index contributed by atoms with van der Waals surface area (Å²) in [7, 11) is 7.77. The largest absolute Gasteiger partial charge is 0.377 e. The number of aliphatic imine (C=N–C) groups is 1. The van der Waals surface area contributed by atoms with Crippen LogP contribution in [0.1, 0.15) is 34.1 Å². The SMILES string of the molecule is CN=C(NCC(CC(C)C)N(C)C)NCC(C)(C)OC.I. The summed E-state index contributed by atoms with van der Waals surface area (Å²) >= 11 is 0. The third-order valence-electron chi connectivity index (χ3n) is 3.44. The van der Waals surface area contributed by atoms with E-state index in [0.29, 0.717) is 12.0 Å². The molecule has 0 aliphatic heterocycles. The van der Waals surface area contributed by atoms with Gasteiger partial charge in [-0.25, -0.2) is 0 Å². The molecule has 0 saturated heterocycles. The minimum Gasteiger partial charge on any atom is -0.377 e. The van der Waals surface area contributed by atoms with E-state index >= 15 is 0 Å². The first-order chi connectivity index (χ1) is 9.21. The molecule has 128 valence electrons. The molecular weight excluding hydrogens is 379 g/mol. The first-order valence-electron chi connectivity index (χ1n) is 7.38. The van der Waals surface area contributed by atoms with Crippen LogP contribution in [0.25, 0.3) is 0 Å². The highest BCUT2D eigenvalue weighted by Crippen LogP contribution is 2.08. The van der Waals surface area contributed by atoms with E-state index in [0.717, 1.165) is 19.0 Å². The van der Waals surface area contributed by atoms with E-state index in [1.165, 1.54) is 6.42 Å². The van der Waals surface area contributed by atoms with E-state index in [9.17, 15) is 0 Å². The summed E-state index contributed by atoms with van der Waals surface area (Å²) in [6.07, 6.45) is 1.17. The lowest BCUT2D eigenvalue weighted by Gasteiger charge is -2.28. The lowest BCUT2D eigenvalue weighted by Crippen LogP contribution is -2.49. The molecule has 0 rings (SSSR count). The topological polar surface area (TPSA) is 48.9 Å². The van der Waals surface area contributed by atoms with Crippen LogP contribution in [0.3, 0.4) is 0 Å². The summed E-state index contributed by atoms with van der Waals surface area (Å²) in [5.74, 6) is 1.51. The number of likely N-dealkylation sites (N-methyl/N-ethyl adjacent to an activating group) is 1. The highest BCUT2D eigenvalue weighted by molar-refractivity contribution is 14.0. The lowest BCUT2D eigenvalue weighted by atomic mass is 10.0. The number of nitrogens with one attached hydrogen (secondary N) is 2. The Hall–Kier alpha value is -0.0800. The second-order valence-corrected chi connectivity index (χ2v) is 6.52. The van der Waals surface area contributed by atoms with Gasteiger partial charge in [-0.15, -0.1) is 24.0 Å². The van der Waals surface area contributed by atoms with Crippen molar-refractivity contribution in [1.82, 2.24) is 15.5 Å². The van der Waals surface area contributed by atoms with Crippen LogP contribution in [0.5, 0.6) is 0 Å². The van der Waals surface area contributed by atoms with Gasteiger partial charge in [0, 0.05) is 33.3 Å². The van der Waals surface area contributed by atoms with E-state index in [2.05, 4.69) is 62.3 Å². The molecule has 5 nitrogen and oxygen atoms in total. The zero-order valence-electron chi connectivity index (χ0n) is 15.0. The second kappa shape index (κ2) is 11.5. The molecule has 0 fully saturated rings. The van der Waals surface area contributed by atoms with Crippen LogP contribution in [0.15, 0.2) is 4.99 Å². The van der Waals surface area contributed by atoms with Crippen LogP contribution < -0.4 is 10.6 Å². The molecule has 0 aromatic carbocycles. The molecule has 0 aromatic heterocycles. The van der Waals surface area contributed by atoms with Crippen molar-refractivity contribution in [2.24, 2.45) is 10.9 Å². The molecule has 1 unspecified atom stereocenters. The average molecular weight is 414 g/mol. The Morgan fingerprint density at radius 3 is 2.19 bits per heavy atom. The number of nitrogens with zero attached hydrogens (tertiary/aromatic N) is 2. The van der Waals surface area contributed by atoms with E-state index in [1.54, 1.807) is 14.2 Å². The number of hydrogen-bond donors (Lipinski definition) is 2. The Morgan fingerprint density at radius 2 is 1.81 bits per heavy atom. The molecule has 0 amide bonds. The van der Waals surface area contributed by atoms with Gasteiger partial charge in [-0.05, 0) is 40.3 Å². The minimum atomic E-state index is -0.198. The first-order valence-corrected chi connectivity index (χ1v) is 7.38. The Morgan fingerprint density at radius 1 is 1.24 bits per heavy atom. The predicted octanol–water partition coefficient (Wildman–Crippen LogP) is 2.17. The predicted molar refractivity (Wildman–Crippen MR) is 103 cm³/mol. The molecular formula is C15H35IN4O. The van der Waals surface area contributed by atoms with E-state index in [-0.39, 0.29) is 29.6 Å². The molecule has 0 aromatic rings. The van der Waals surface area contributed by atoms with Crippen molar-refractivity contribution in [3.8, 4) is 0 Å². The van der Waals surface area contributed by atoms with Crippen LogP contribution in [-0.4, -0.2) is 63.8 Å². The molecule has 6 heteroatoms. The maximum atomic E-state index is 5.40. The van der Waals surface area contributed by atoms with Crippen molar-refractivity contribution in [3.63, 3.8) is 0 Å². The van der Waals surface area contributed by atoms with Gasteiger partial charge in [0.05, 0.1) is 5.60 Å². The number of rotatable bonds is 8. The molecule has 2 N–H and O–H groups in total. The molecule has 1 atom stereocenters. The Labute approximate surface area is 148 Å². The van der Waals surface area contributed by atoms with Gasteiger partial charge in [-0.2, -0.15) is 0 Å². The number of halogens is 1. The van der Waals surface area contributed by atoms with Gasteiger partial charge in [-0.1, -0.05) is 13.8 Å². The summed E-state index contributed by atoms with van der Waals surface area (Å²) in [6.45, 7) is 10.2. The number of guanidine groups is 1. The van der Waals surface area contributed by atoms with Crippen molar-refractivity contribution >= 4 is 29.9 Å². The summed E-state index contributed by atoms with van der Waals surface area (Å²) in [4.78, 5) is 6.52. The monoisotopic (exact) mass is 414 g/mol. The van der Waals surface area contributed by atoms with Crippen LogP contribution in [0, 0.1) is 5.92 Å². The average Bonchev–Trinajstić information content (AvgIpc) is 2.36. The third-order valence-corrected chi connectivity index (χ3v) is 3.44. The van der Waals surface area contributed by atoms with Crippen molar-refractivity contribution < 1.29 is 4.74 Å². The van der Waals surface area contributed by atoms with Crippen LogP contribution in [0.2, 0.25) is 0 Å². The zero-order chi connectivity index (χ0) is 15.8. The van der Waals surface area contributed by atoms with Crippen LogP contribution >= 0.6 is 24.0 Å². The number of ether oxygens (including phenoxy) is 1. The molecule has 0 aliphatic carbocycles. The normalized spacial score (nSPS) is 14.1. The second-order valence-electron chi connectivity index (χ2n) is 6.52. The van der Waals surface area contributed by atoms with Crippen molar-refractivity contribution in [3.05, 3.63) is 0 Å². The Balaban J connectivity index is 0. The highest BCUT2D eigenvalue weighted by atomic mass is 127. The van der Waals surface area contributed by atoms with Crippen molar-refractivity contribution in [2.45, 2.75) is 45.8 Å². The maximum absolute atomic E-state index is 5.40. The number of methoxy groups -OCH3 is 1. The van der Waals surface area contributed by atoms with Crippen molar-refractivity contribution in [2.75, 3.05) is 41.3 Å². The highest BCUT2D eigenvalue weighted by Gasteiger charge is 2.17. The molecule has 0 spiro atoms. The quantitative estimate of drug-likeness (QED) is 0.363. The third kappa shape index (κ3) is 11.2. The minimum absolute atomic E-state index is 0. The van der Waals surface area contributed by atoms with E-state index in [4.69, 9.17) is 4.74 Å². The molecule has 0 saturated carbocycles. The standard InChI is InChI=1S/C15H34N4O.HI/c1-12(2)9-13(19(6)7)10-17-14(16-5)18-11-15(3,4)20-8;/h12-13H,9-11H2,1-8H3,(H2,16,17,18);1H. The Kier molecular flexibility index (Phi) is 12.7. The molecule has 0 bridgehead atoms. The maximum Gasteiger partial charge on any atom is 0.191 e. The Bertz CT molecular complexity index is 293.